The normalized spacial score (nSPS) is 18.1. The summed E-state index contributed by atoms with van der Waals surface area (Å²) in [6.07, 6.45) is 4.38. The molecular weight excluding hydrogens is 286 g/mol. The SMILES string of the molecule is CC(O)CC(C)(C)CNC(=O)NC(c1nccs1)C1CC1. The van der Waals surface area contributed by atoms with E-state index in [1.165, 1.54) is 0 Å². The van der Waals surface area contributed by atoms with Gasteiger partial charge < -0.3 is 15.7 Å². The Morgan fingerprint density at radius 3 is 2.81 bits per heavy atom. The Balaban J connectivity index is 1.83. The molecule has 1 aromatic heterocycles. The van der Waals surface area contributed by atoms with E-state index >= 15 is 0 Å². The maximum Gasteiger partial charge on any atom is 0.315 e. The maximum absolute atomic E-state index is 12.1. The molecule has 1 aromatic rings. The predicted molar refractivity (Wildman–Crippen MR) is 84.2 cm³/mol. The molecule has 2 unspecified atom stereocenters. The number of rotatable bonds is 7. The van der Waals surface area contributed by atoms with E-state index in [0.717, 1.165) is 17.8 Å². The van der Waals surface area contributed by atoms with Gasteiger partial charge in [-0.3, -0.25) is 0 Å². The van der Waals surface area contributed by atoms with Crippen molar-refractivity contribution in [2.45, 2.75) is 52.2 Å². The Hall–Kier alpha value is -1.14. The lowest BCUT2D eigenvalue weighted by molar-refractivity contribution is 0.128. The van der Waals surface area contributed by atoms with E-state index in [9.17, 15) is 9.90 Å². The Bertz CT molecular complexity index is 455. The molecule has 5 nitrogen and oxygen atoms in total. The van der Waals surface area contributed by atoms with Gasteiger partial charge in [0.2, 0.25) is 0 Å². The van der Waals surface area contributed by atoms with Crippen molar-refractivity contribution >= 4 is 17.4 Å². The fraction of sp³-hybridized carbons (Fsp3) is 0.733. The lowest BCUT2D eigenvalue weighted by Crippen LogP contribution is -2.43. The Morgan fingerprint density at radius 1 is 1.57 bits per heavy atom. The third kappa shape index (κ3) is 5.28. The molecule has 0 spiro atoms. The highest BCUT2D eigenvalue weighted by atomic mass is 32.1. The number of urea groups is 1. The van der Waals surface area contributed by atoms with Gasteiger partial charge in [0.15, 0.2) is 0 Å². The highest BCUT2D eigenvalue weighted by Crippen LogP contribution is 2.41. The molecule has 1 fully saturated rings. The summed E-state index contributed by atoms with van der Waals surface area (Å²) in [6.45, 7) is 6.39. The zero-order valence-corrected chi connectivity index (χ0v) is 13.7. The fourth-order valence-electron chi connectivity index (χ4n) is 2.58. The van der Waals surface area contributed by atoms with Gasteiger partial charge in [-0.25, -0.2) is 9.78 Å². The van der Waals surface area contributed by atoms with Crippen LogP contribution in [0.25, 0.3) is 0 Å². The number of amides is 2. The van der Waals surface area contributed by atoms with E-state index < -0.39 is 0 Å². The molecule has 21 heavy (non-hydrogen) atoms. The zero-order chi connectivity index (χ0) is 15.5. The van der Waals surface area contributed by atoms with Crippen molar-refractivity contribution in [1.29, 1.82) is 0 Å². The number of carbonyl (C=O) groups excluding carboxylic acids is 1. The van der Waals surface area contributed by atoms with Crippen molar-refractivity contribution in [3.8, 4) is 0 Å². The van der Waals surface area contributed by atoms with Crippen LogP contribution < -0.4 is 10.6 Å². The molecule has 1 heterocycles. The maximum atomic E-state index is 12.1. The first-order valence-corrected chi connectivity index (χ1v) is 8.37. The van der Waals surface area contributed by atoms with Gasteiger partial charge in [0.1, 0.15) is 5.01 Å². The molecule has 1 saturated carbocycles. The van der Waals surface area contributed by atoms with Crippen molar-refractivity contribution < 1.29 is 9.90 Å². The van der Waals surface area contributed by atoms with Crippen molar-refractivity contribution in [2.75, 3.05) is 6.54 Å². The van der Waals surface area contributed by atoms with Gasteiger partial charge in [0.25, 0.3) is 0 Å². The number of hydrogen-bond donors (Lipinski definition) is 3. The lowest BCUT2D eigenvalue weighted by atomic mass is 9.87. The molecule has 2 rings (SSSR count). The number of nitrogens with one attached hydrogen (secondary N) is 2. The van der Waals surface area contributed by atoms with Gasteiger partial charge in [0.05, 0.1) is 12.1 Å². The summed E-state index contributed by atoms with van der Waals surface area (Å²) >= 11 is 1.59. The zero-order valence-electron chi connectivity index (χ0n) is 12.9. The summed E-state index contributed by atoms with van der Waals surface area (Å²) in [7, 11) is 0. The van der Waals surface area contributed by atoms with Crippen LogP contribution in [-0.2, 0) is 0 Å². The third-order valence-corrected chi connectivity index (χ3v) is 4.53. The largest absolute Gasteiger partial charge is 0.393 e. The molecule has 2 atom stereocenters. The molecule has 0 aliphatic heterocycles. The second-order valence-electron chi connectivity index (χ2n) is 6.73. The topological polar surface area (TPSA) is 74.2 Å². The average Bonchev–Trinajstić information content (AvgIpc) is 3.07. The molecule has 1 aliphatic carbocycles. The van der Waals surface area contributed by atoms with Crippen molar-refractivity contribution in [3.63, 3.8) is 0 Å². The number of thiazole rings is 1. The van der Waals surface area contributed by atoms with Crippen LogP contribution in [0, 0.1) is 11.3 Å². The molecule has 2 amide bonds. The van der Waals surface area contributed by atoms with Gasteiger partial charge in [-0.2, -0.15) is 0 Å². The standard InChI is InChI=1S/C15H25N3O2S/c1-10(19)8-15(2,3)9-17-14(20)18-12(11-4-5-11)13-16-6-7-21-13/h6-7,10-12,19H,4-5,8-9H2,1-3H3,(H2,17,18,20). The van der Waals surface area contributed by atoms with Crippen molar-refractivity contribution in [3.05, 3.63) is 16.6 Å². The predicted octanol–water partition coefficient (Wildman–Crippen LogP) is 2.69. The Morgan fingerprint density at radius 2 is 2.29 bits per heavy atom. The summed E-state index contributed by atoms with van der Waals surface area (Å²) in [6, 6.07) is -0.120. The second-order valence-corrected chi connectivity index (χ2v) is 7.66. The summed E-state index contributed by atoms with van der Waals surface area (Å²) < 4.78 is 0. The molecule has 6 heteroatoms. The van der Waals surface area contributed by atoms with Crippen LogP contribution in [0.3, 0.4) is 0 Å². The number of aliphatic hydroxyl groups is 1. The minimum absolute atomic E-state index is 0.0323. The third-order valence-electron chi connectivity index (χ3n) is 3.67. The number of aromatic nitrogens is 1. The summed E-state index contributed by atoms with van der Waals surface area (Å²) in [5.74, 6) is 0.521. The molecule has 0 bridgehead atoms. The molecule has 1 aliphatic rings. The van der Waals surface area contributed by atoms with E-state index in [1.807, 2.05) is 19.2 Å². The van der Waals surface area contributed by atoms with E-state index in [1.54, 1.807) is 24.5 Å². The van der Waals surface area contributed by atoms with Crippen molar-refractivity contribution in [2.24, 2.45) is 11.3 Å². The number of carbonyl (C=O) groups is 1. The van der Waals surface area contributed by atoms with Crippen LogP contribution in [-0.4, -0.2) is 28.8 Å². The van der Waals surface area contributed by atoms with E-state index in [0.29, 0.717) is 18.9 Å². The van der Waals surface area contributed by atoms with Crippen molar-refractivity contribution in [1.82, 2.24) is 15.6 Å². The lowest BCUT2D eigenvalue weighted by Gasteiger charge is -2.27. The molecule has 118 valence electrons. The Labute approximate surface area is 130 Å². The smallest absolute Gasteiger partial charge is 0.315 e. The Kier molecular flexibility index (Phi) is 5.22. The van der Waals surface area contributed by atoms with Crippen LogP contribution in [0.4, 0.5) is 4.79 Å². The summed E-state index contributed by atoms with van der Waals surface area (Å²) in [4.78, 5) is 16.4. The molecule has 0 aromatic carbocycles. The summed E-state index contributed by atoms with van der Waals surface area (Å²) in [5.41, 5.74) is -0.123. The second kappa shape index (κ2) is 6.75. The van der Waals surface area contributed by atoms with E-state index in [2.05, 4.69) is 15.6 Å². The molecule has 0 radical (unpaired) electrons. The highest BCUT2D eigenvalue weighted by molar-refractivity contribution is 7.09. The van der Waals surface area contributed by atoms with E-state index in [4.69, 9.17) is 0 Å². The minimum Gasteiger partial charge on any atom is -0.393 e. The van der Waals surface area contributed by atoms with Crippen LogP contribution in [0.2, 0.25) is 0 Å². The van der Waals surface area contributed by atoms with E-state index in [-0.39, 0.29) is 23.6 Å². The van der Waals surface area contributed by atoms with Crippen LogP contribution >= 0.6 is 11.3 Å². The van der Waals surface area contributed by atoms with Gasteiger partial charge in [-0.05, 0) is 37.5 Å². The van der Waals surface area contributed by atoms with Gasteiger partial charge in [0, 0.05) is 18.1 Å². The number of nitrogens with zero attached hydrogens (tertiary/aromatic N) is 1. The highest BCUT2D eigenvalue weighted by Gasteiger charge is 2.35. The van der Waals surface area contributed by atoms with Crippen LogP contribution in [0.1, 0.15) is 51.1 Å². The summed E-state index contributed by atoms with van der Waals surface area (Å²) in [5, 5.41) is 18.4. The first kappa shape index (κ1) is 16.2. The quantitative estimate of drug-likeness (QED) is 0.725. The first-order valence-electron chi connectivity index (χ1n) is 7.49. The average molecular weight is 311 g/mol. The number of aliphatic hydroxyl groups excluding tert-OH is 1. The van der Waals surface area contributed by atoms with Gasteiger partial charge in [-0.15, -0.1) is 11.3 Å². The van der Waals surface area contributed by atoms with Crippen LogP contribution in [0.15, 0.2) is 11.6 Å². The minimum atomic E-state index is -0.362. The van der Waals surface area contributed by atoms with Crippen LogP contribution in [0.5, 0.6) is 0 Å². The molecule has 0 saturated heterocycles. The first-order chi connectivity index (χ1) is 9.87. The monoisotopic (exact) mass is 311 g/mol. The fourth-order valence-corrected chi connectivity index (χ4v) is 3.36. The van der Waals surface area contributed by atoms with Gasteiger partial charge >= 0.3 is 6.03 Å². The van der Waals surface area contributed by atoms with Gasteiger partial charge in [-0.1, -0.05) is 13.8 Å². The molecule has 3 N–H and O–H groups in total. The number of hydrogen-bond acceptors (Lipinski definition) is 4. The molecular formula is C15H25N3O2S.